The third-order valence-corrected chi connectivity index (χ3v) is 4.43. The van der Waals surface area contributed by atoms with Crippen molar-refractivity contribution in [1.29, 1.82) is 0 Å². The van der Waals surface area contributed by atoms with E-state index in [4.69, 9.17) is 9.15 Å². The molecule has 0 radical (unpaired) electrons. The Balaban J connectivity index is 1.65. The van der Waals surface area contributed by atoms with Gasteiger partial charge in [0.15, 0.2) is 6.10 Å². The molecule has 8 nitrogen and oxygen atoms in total. The molecule has 3 rings (SSSR count). The SMILES string of the molecule is CC(OC(=O)c1ccc(SC(F)F)cc1)c1nnc(-c2ccc([N+](=O)[O-])cc2)o1. The first-order valence-corrected chi connectivity index (χ1v) is 9.05. The van der Waals surface area contributed by atoms with Crippen LogP contribution >= 0.6 is 11.8 Å². The van der Waals surface area contributed by atoms with E-state index in [1.165, 1.54) is 55.5 Å². The van der Waals surface area contributed by atoms with Crippen LogP contribution in [0.5, 0.6) is 0 Å². The highest BCUT2D eigenvalue weighted by atomic mass is 32.2. The Labute approximate surface area is 167 Å². The number of non-ortho nitro benzene ring substituents is 1. The smallest absolute Gasteiger partial charge is 0.338 e. The van der Waals surface area contributed by atoms with Crippen LogP contribution < -0.4 is 0 Å². The molecule has 0 spiro atoms. The van der Waals surface area contributed by atoms with Gasteiger partial charge in [-0.25, -0.2) is 4.79 Å². The lowest BCUT2D eigenvalue weighted by Crippen LogP contribution is -2.09. The highest BCUT2D eigenvalue weighted by Crippen LogP contribution is 2.27. The number of carbonyl (C=O) groups excluding carboxylic acids is 1. The number of nitro benzene ring substituents is 1. The molecule has 0 N–H and O–H groups in total. The van der Waals surface area contributed by atoms with E-state index in [0.717, 1.165) is 0 Å². The molecule has 2 aromatic carbocycles. The maximum absolute atomic E-state index is 12.3. The van der Waals surface area contributed by atoms with E-state index in [1.807, 2.05) is 0 Å². The van der Waals surface area contributed by atoms with Crippen LogP contribution in [-0.4, -0.2) is 26.8 Å². The monoisotopic (exact) mass is 421 g/mol. The van der Waals surface area contributed by atoms with Crippen LogP contribution in [0.1, 0.15) is 29.3 Å². The van der Waals surface area contributed by atoms with Gasteiger partial charge < -0.3 is 9.15 Å². The Morgan fingerprint density at radius 1 is 1.14 bits per heavy atom. The first kappa shape index (κ1) is 20.4. The van der Waals surface area contributed by atoms with E-state index in [-0.39, 0.29) is 23.0 Å². The van der Waals surface area contributed by atoms with E-state index in [0.29, 0.717) is 22.2 Å². The predicted octanol–water partition coefficient (Wildman–Crippen LogP) is 4.88. The first-order valence-electron chi connectivity index (χ1n) is 8.17. The van der Waals surface area contributed by atoms with Gasteiger partial charge in [-0.05, 0) is 43.3 Å². The summed E-state index contributed by atoms with van der Waals surface area (Å²) in [6.45, 7) is 1.53. The summed E-state index contributed by atoms with van der Waals surface area (Å²) < 4.78 is 35.4. The summed E-state index contributed by atoms with van der Waals surface area (Å²) in [4.78, 5) is 22.7. The minimum atomic E-state index is -2.55. The molecular weight excluding hydrogens is 408 g/mol. The quantitative estimate of drug-likeness (QED) is 0.230. The van der Waals surface area contributed by atoms with E-state index >= 15 is 0 Å². The second-order valence-electron chi connectivity index (χ2n) is 5.70. The zero-order valence-electron chi connectivity index (χ0n) is 14.8. The molecule has 3 aromatic rings. The van der Waals surface area contributed by atoms with Crippen molar-refractivity contribution in [1.82, 2.24) is 10.2 Å². The summed E-state index contributed by atoms with van der Waals surface area (Å²) in [6.07, 6.45) is -0.864. The number of nitro groups is 1. The van der Waals surface area contributed by atoms with Crippen molar-refractivity contribution in [3.05, 3.63) is 70.1 Å². The summed E-state index contributed by atoms with van der Waals surface area (Å²) >= 11 is 0.377. The molecule has 0 bridgehead atoms. The molecular formula is C18H13F2N3O5S. The van der Waals surface area contributed by atoms with Gasteiger partial charge in [-0.3, -0.25) is 10.1 Å². The van der Waals surface area contributed by atoms with E-state index in [2.05, 4.69) is 10.2 Å². The van der Waals surface area contributed by atoms with Crippen LogP contribution in [0.15, 0.2) is 57.8 Å². The fourth-order valence-electron chi connectivity index (χ4n) is 2.29. The van der Waals surface area contributed by atoms with Crippen LogP contribution in [0.4, 0.5) is 14.5 Å². The van der Waals surface area contributed by atoms with Gasteiger partial charge in [0, 0.05) is 22.6 Å². The molecule has 11 heteroatoms. The lowest BCUT2D eigenvalue weighted by molar-refractivity contribution is -0.384. The zero-order valence-corrected chi connectivity index (χ0v) is 15.6. The summed E-state index contributed by atoms with van der Waals surface area (Å²) in [5.41, 5.74) is 0.583. The Hall–Kier alpha value is -3.34. The van der Waals surface area contributed by atoms with Crippen molar-refractivity contribution in [2.45, 2.75) is 23.7 Å². The highest BCUT2D eigenvalue weighted by Gasteiger charge is 2.20. The molecule has 0 fully saturated rings. The molecule has 150 valence electrons. The molecule has 29 heavy (non-hydrogen) atoms. The van der Waals surface area contributed by atoms with Crippen molar-refractivity contribution in [2.24, 2.45) is 0 Å². The van der Waals surface area contributed by atoms with Gasteiger partial charge in [0.05, 0.1) is 10.5 Å². The maximum Gasteiger partial charge on any atom is 0.338 e. The molecule has 1 heterocycles. The number of esters is 1. The number of hydrogen-bond acceptors (Lipinski definition) is 8. The average Bonchev–Trinajstić information content (AvgIpc) is 3.18. The minimum absolute atomic E-state index is 0.0385. The van der Waals surface area contributed by atoms with Gasteiger partial charge in [0.1, 0.15) is 0 Å². The number of rotatable bonds is 7. The maximum atomic E-state index is 12.3. The van der Waals surface area contributed by atoms with Crippen molar-refractivity contribution in [3.8, 4) is 11.5 Å². The number of alkyl halides is 2. The second kappa shape index (κ2) is 8.78. The summed E-state index contributed by atoms with van der Waals surface area (Å²) in [5.74, 6) is -3.07. The topological polar surface area (TPSA) is 108 Å². The molecule has 0 aliphatic heterocycles. The fraction of sp³-hybridized carbons (Fsp3) is 0.167. The van der Waals surface area contributed by atoms with Crippen LogP contribution in [0, 0.1) is 10.1 Å². The Kier molecular flexibility index (Phi) is 6.17. The number of thioether (sulfide) groups is 1. The lowest BCUT2D eigenvalue weighted by atomic mass is 10.2. The Morgan fingerprint density at radius 2 is 1.79 bits per heavy atom. The standard InChI is InChI=1S/C18H13F2N3O5S/c1-10(27-17(24)12-4-8-14(9-5-12)29-18(19)20)15-21-22-16(28-15)11-2-6-13(7-3-11)23(25)26/h2-10,18H,1H3. The number of carbonyl (C=O) groups is 1. The van der Waals surface area contributed by atoms with Crippen LogP contribution in [0.25, 0.3) is 11.5 Å². The molecule has 1 unspecified atom stereocenters. The molecule has 1 atom stereocenters. The van der Waals surface area contributed by atoms with E-state index < -0.39 is 22.8 Å². The first-order chi connectivity index (χ1) is 13.8. The summed E-state index contributed by atoms with van der Waals surface area (Å²) in [7, 11) is 0. The number of ether oxygens (including phenoxy) is 1. The number of hydrogen-bond donors (Lipinski definition) is 0. The average molecular weight is 421 g/mol. The third kappa shape index (κ3) is 5.13. The molecule has 0 aliphatic rings. The summed E-state index contributed by atoms with van der Waals surface area (Å²) in [5, 5.41) is 18.4. The zero-order chi connectivity index (χ0) is 21.0. The minimum Gasteiger partial charge on any atom is -0.449 e. The molecule has 0 amide bonds. The predicted molar refractivity (Wildman–Crippen MR) is 98.5 cm³/mol. The van der Waals surface area contributed by atoms with Gasteiger partial charge >= 0.3 is 5.97 Å². The van der Waals surface area contributed by atoms with Gasteiger partial charge in [0.25, 0.3) is 17.3 Å². The van der Waals surface area contributed by atoms with E-state index in [9.17, 15) is 23.7 Å². The van der Waals surface area contributed by atoms with Gasteiger partial charge in [-0.2, -0.15) is 8.78 Å². The number of nitrogens with zero attached hydrogens (tertiary/aromatic N) is 3. The Bertz CT molecular complexity index is 1010. The number of aromatic nitrogens is 2. The van der Waals surface area contributed by atoms with Crippen molar-refractivity contribution in [2.75, 3.05) is 0 Å². The van der Waals surface area contributed by atoms with Crippen LogP contribution in [0.2, 0.25) is 0 Å². The fourth-order valence-corrected chi connectivity index (χ4v) is 2.79. The third-order valence-electron chi connectivity index (χ3n) is 3.71. The molecule has 0 aliphatic carbocycles. The van der Waals surface area contributed by atoms with Crippen molar-refractivity contribution >= 4 is 23.4 Å². The lowest BCUT2D eigenvalue weighted by Gasteiger charge is -2.09. The molecule has 1 aromatic heterocycles. The van der Waals surface area contributed by atoms with Gasteiger partial charge in [0.2, 0.25) is 5.89 Å². The molecule has 0 saturated carbocycles. The van der Waals surface area contributed by atoms with Crippen molar-refractivity contribution < 1.29 is 27.7 Å². The van der Waals surface area contributed by atoms with Gasteiger partial charge in [-0.1, -0.05) is 11.8 Å². The second-order valence-corrected chi connectivity index (χ2v) is 6.76. The van der Waals surface area contributed by atoms with Crippen LogP contribution in [-0.2, 0) is 4.74 Å². The number of halogens is 2. The summed E-state index contributed by atoms with van der Waals surface area (Å²) in [6, 6.07) is 11.1. The Morgan fingerprint density at radius 3 is 2.38 bits per heavy atom. The highest BCUT2D eigenvalue weighted by molar-refractivity contribution is 7.99. The number of benzene rings is 2. The van der Waals surface area contributed by atoms with Crippen molar-refractivity contribution in [3.63, 3.8) is 0 Å². The van der Waals surface area contributed by atoms with E-state index in [1.54, 1.807) is 0 Å². The largest absolute Gasteiger partial charge is 0.449 e. The normalized spacial score (nSPS) is 12.0. The van der Waals surface area contributed by atoms with Crippen LogP contribution in [0.3, 0.4) is 0 Å². The molecule has 0 saturated heterocycles. The van der Waals surface area contributed by atoms with Gasteiger partial charge in [-0.15, -0.1) is 10.2 Å².